The van der Waals surface area contributed by atoms with Gasteiger partial charge in [0.2, 0.25) is 15.9 Å². The fourth-order valence-electron chi connectivity index (χ4n) is 2.73. The highest BCUT2D eigenvalue weighted by molar-refractivity contribution is 9.10. The Hall–Kier alpha value is -0.970. The summed E-state index contributed by atoms with van der Waals surface area (Å²) < 4.78 is 51.2. The first-order chi connectivity index (χ1) is 12.0. The van der Waals surface area contributed by atoms with Gasteiger partial charge in [0.15, 0.2) is 9.84 Å². The highest BCUT2D eigenvalue weighted by Gasteiger charge is 2.31. The van der Waals surface area contributed by atoms with Crippen molar-refractivity contribution in [2.45, 2.75) is 31.2 Å². The Bertz CT molecular complexity index is 851. The van der Waals surface area contributed by atoms with E-state index in [1.807, 2.05) is 0 Å². The number of carbonyl (C=O) groups is 1. The Morgan fingerprint density at radius 2 is 1.88 bits per heavy atom. The van der Waals surface area contributed by atoms with Crippen LogP contribution in [0.4, 0.5) is 0 Å². The van der Waals surface area contributed by atoms with Crippen LogP contribution < -0.4 is 10.0 Å². The predicted octanol–water partition coefficient (Wildman–Crippen LogP) is 1.30. The molecule has 2 N–H and O–H groups in total. The second kappa shape index (κ2) is 8.37. The van der Waals surface area contributed by atoms with E-state index in [1.54, 1.807) is 26.0 Å². The molecule has 1 aliphatic rings. The molecule has 1 fully saturated rings. The Morgan fingerprint density at radius 1 is 1.27 bits per heavy atom. The van der Waals surface area contributed by atoms with Gasteiger partial charge in [-0.15, -0.1) is 0 Å². The number of halogens is 1. The summed E-state index contributed by atoms with van der Waals surface area (Å²) >= 11 is 3.25. The zero-order chi connectivity index (χ0) is 19.5. The molecule has 0 aliphatic carbocycles. The zero-order valence-corrected chi connectivity index (χ0v) is 17.8. The quantitative estimate of drug-likeness (QED) is 0.629. The van der Waals surface area contributed by atoms with Crippen molar-refractivity contribution in [2.24, 2.45) is 11.8 Å². The van der Waals surface area contributed by atoms with Gasteiger partial charge in [0.05, 0.1) is 16.4 Å². The normalized spacial score (nSPS) is 20.8. The molecule has 2 rings (SSSR count). The Kier molecular flexibility index (Phi) is 6.86. The van der Waals surface area contributed by atoms with Gasteiger partial charge in [0.25, 0.3) is 0 Å². The molecule has 10 heteroatoms. The van der Waals surface area contributed by atoms with E-state index in [4.69, 9.17) is 0 Å². The van der Waals surface area contributed by atoms with Crippen molar-refractivity contribution in [3.63, 3.8) is 0 Å². The lowest BCUT2D eigenvalue weighted by Gasteiger charge is -2.22. The lowest BCUT2D eigenvalue weighted by molar-refractivity contribution is -0.123. The van der Waals surface area contributed by atoms with Crippen molar-refractivity contribution in [1.82, 2.24) is 10.0 Å². The van der Waals surface area contributed by atoms with Gasteiger partial charge >= 0.3 is 0 Å². The number of carbonyl (C=O) groups excluding carboxylic acids is 1. The summed E-state index contributed by atoms with van der Waals surface area (Å²) in [4.78, 5) is 12.5. The van der Waals surface area contributed by atoms with Gasteiger partial charge in [0.1, 0.15) is 6.04 Å². The molecular formula is C16H23BrN2O5S2. The molecular weight excluding hydrogens is 444 g/mol. The van der Waals surface area contributed by atoms with Gasteiger partial charge in [0, 0.05) is 11.0 Å². The second-order valence-corrected chi connectivity index (χ2v) is 11.7. The topological polar surface area (TPSA) is 109 Å². The molecule has 1 heterocycles. The minimum Gasteiger partial charge on any atom is -0.354 e. The summed E-state index contributed by atoms with van der Waals surface area (Å²) in [5, 5.41) is 2.69. The highest BCUT2D eigenvalue weighted by Crippen LogP contribution is 2.18. The first kappa shape index (κ1) is 21.3. The van der Waals surface area contributed by atoms with Crippen LogP contribution in [0, 0.1) is 11.8 Å². The SMILES string of the molecule is CC(C)[C@H](NS(=O)(=O)c1ccc(Br)cc1)C(=O)NCC1CCS(=O)(=O)C1. The highest BCUT2D eigenvalue weighted by atomic mass is 79.9. The smallest absolute Gasteiger partial charge is 0.241 e. The number of hydrogen-bond acceptors (Lipinski definition) is 5. The molecule has 0 saturated carbocycles. The van der Waals surface area contributed by atoms with Crippen LogP contribution in [0.2, 0.25) is 0 Å². The fraction of sp³-hybridized carbons (Fsp3) is 0.562. The van der Waals surface area contributed by atoms with Crippen LogP contribution >= 0.6 is 15.9 Å². The van der Waals surface area contributed by atoms with E-state index in [9.17, 15) is 21.6 Å². The van der Waals surface area contributed by atoms with E-state index in [-0.39, 0.29) is 34.8 Å². The number of nitrogens with one attached hydrogen (secondary N) is 2. The third-order valence-corrected chi connectivity index (χ3v) is 8.07. The van der Waals surface area contributed by atoms with E-state index in [1.165, 1.54) is 12.1 Å². The maximum absolute atomic E-state index is 12.5. The maximum atomic E-state index is 12.5. The molecule has 7 nitrogen and oxygen atoms in total. The number of hydrogen-bond donors (Lipinski definition) is 2. The van der Waals surface area contributed by atoms with Gasteiger partial charge in [-0.25, -0.2) is 16.8 Å². The van der Waals surface area contributed by atoms with Gasteiger partial charge in [-0.3, -0.25) is 4.79 Å². The molecule has 0 radical (unpaired) electrons. The Balaban J connectivity index is 2.03. The standard InChI is InChI=1S/C16H23BrN2O5S2/c1-11(2)15(16(20)18-9-12-7-8-25(21,22)10-12)19-26(23,24)14-5-3-13(17)4-6-14/h3-6,11-12,15,19H,7-10H2,1-2H3,(H,18,20)/t12?,15-/m0/s1. The van der Waals surface area contributed by atoms with Gasteiger partial charge in [-0.1, -0.05) is 29.8 Å². The van der Waals surface area contributed by atoms with Crippen LogP contribution in [0.15, 0.2) is 33.6 Å². The van der Waals surface area contributed by atoms with E-state index in [0.29, 0.717) is 6.42 Å². The fourth-order valence-corrected chi connectivity index (χ4v) is 6.20. The summed E-state index contributed by atoms with van der Waals surface area (Å²) in [5.41, 5.74) is 0. The molecule has 2 atom stereocenters. The molecule has 1 amide bonds. The summed E-state index contributed by atoms with van der Waals surface area (Å²) in [6, 6.07) is 5.18. The number of rotatable bonds is 7. The molecule has 1 aliphatic heterocycles. The van der Waals surface area contributed by atoms with Gasteiger partial charge in [-0.2, -0.15) is 4.72 Å². The number of sulfonamides is 1. The van der Waals surface area contributed by atoms with Crippen LogP contribution in [0.5, 0.6) is 0 Å². The third-order valence-electron chi connectivity index (χ3n) is 4.25. The first-order valence-electron chi connectivity index (χ1n) is 8.26. The van der Waals surface area contributed by atoms with Crippen molar-refractivity contribution < 1.29 is 21.6 Å². The second-order valence-electron chi connectivity index (χ2n) is 6.81. The lowest BCUT2D eigenvalue weighted by Crippen LogP contribution is -2.50. The van der Waals surface area contributed by atoms with Crippen LogP contribution in [0.1, 0.15) is 20.3 Å². The van der Waals surface area contributed by atoms with Crippen molar-refractivity contribution in [1.29, 1.82) is 0 Å². The first-order valence-corrected chi connectivity index (χ1v) is 12.4. The summed E-state index contributed by atoms with van der Waals surface area (Å²) in [6.07, 6.45) is 0.513. The average molecular weight is 467 g/mol. The molecule has 1 unspecified atom stereocenters. The van der Waals surface area contributed by atoms with Crippen LogP contribution in [0.3, 0.4) is 0 Å². The van der Waals surface area contributed by atoms with Crippen LogP contribution in [-0.2, 0) is 24.7 Å². The lowest BCUT2D eigenvalue weighted by atomic mass is 10.0. The van der Waals surface area contributed by atoms with Crippen molar-refractivity contribution in [3.05, 3.63) is 28.7 Å². The van der Waals surface area contributed by atoms with Gasteiger partial charge < -0.3 is 5.32 Å². The minimum absolute atomic E-state index is 0.0598. The van der Waals surface area contributed by atoms with E-state index >= 15 is 0 Å². The largest absolute Gasteiger partial charge is 0.354 e. The van der Waals surface area contributed by atoms with E-state index in [2.05, 4.69) is 26.0 Å². The molecule has 146 valence electrons. The van der Waals surface area contributed by atoms with Crippen molar-refractivity contribution in [3.8, 4) is 0 Å². The monoisotopic (exact) mass is 466 g/mol. The number of amides is 1. The van der Waals surface area contributed by atoms with Crippen molar-refractivity contribution in [2.75, 3.05) is 18.1 Å². The minimum atomic E-state index is -3.85. The summed E-state index contributed by atoms with van der Waals surface area (Å²) in [7, 11) is -6.86. The summed E-state index contributed by atoms with van der Waals surface area (Å²) in [6.45, 7) is 3.71. The molecule has 0 bridgehead atoms. The third kappa shape index (κ3) is 5.77. The van der Waals surface area contributed by atoms with Crippen molar-refractivity contribution >= 4 is 41.7 Å². The summed E-state index contributed by atoms with van der Waals surface area (Å²) in [5.74, 6) is -0.654. The number of sulfone groups is 1. The molecule has 26 heavy (non-hydrogen) atoms. The van der Waals surface area contributed by atoms with Crippen LogP contribution in [-0.4, -0.2) is 46.8 Å². The molecule has 1 aromatic rings. The molecule has 0 spiro atoms. The van der Waals surface area contributed by atoms with Crippen LogP contribution in [0.25, 0.3) is 0 Å². The Morgan fingerprint density at radius 3 is 2.38 bits per heavy atom. The van der Waals surface area contributed by atoms with Gasteiger partial charge in [-0.05, 0) is 42.5 Å². The molecule has 1 saturated heterocycles. The number of benzene rings is 1. The zero-order valence-electron chi connectivity index (χ0n) is 14.6. The maximum Gasteiger partial charge on any atom is 0.241 e. The van der Waals surface area contributed by atoms with E-state index in [0.717, 1.165) is 4.47 Å². The predicted molar refractivity (Wildman–Crippen MR) is 103 cm³/mol. The molecule has 1 aromatic carbocycles. The Labute approximate surface area is 163 Å². The molecule has 0 aromatic heterocycles. The van der Waals surface area contributed by atoms with E-state index < -0.39 is 31.8 Å². The average Bonchev–Trinajstić information content (AvgIpc) is 2.89.